The number of methoxy groups -OCH3 is 1. The van der Waals surface area contributed by atoms with E-state index in [-0.39, 0.29) is 11.9 Å². The van der Waals surface area contributed by atoms with E-state index in [1.54, 1.807) is 42.6 Å². The third kappa shape index (κ3) is 3.84. The normalized spacial score (nSPS) is 15.7. The SMILES string of the molecule is COc1cccc(-c2nc(C3CCCN3C(=O)c3ccc(Cl)cc3-n3nccn3)no2)c1C. The van der Waals surface area contributed by atoms with Crippen LogP contribution in [-0.4, -0.2) is 49.6 Å². The van der Waals surface area contributed by atoms with Crippen molar-refractivity contribution >= 4 is 17.5 Å². The molecule has 3 heterocycles. The molecule has 9 nitrogen and oxygen atoms in total. The Balaban J connectivity index is 1.47. The Morgan fingerprint density at radius 3 is 2.82 bits per heavy atom. The molecule has 2 aromatic heterocycles. The largest absolute Gasteiger partial charge is 0.496 e. The summed E-state index contributed by atoms with van der Waals surface area (Å²) in [6.45, 7) is 2.52. The number of halogens is 1. The monoisotopic (exact) mass is 464 g/mol. The van der Waals surface area contributed by atoms with Gasteiger partial charge in [0.2, 0.25) is 0 Å². The molecule has 0 radical (unpaired) electrons. The van der Waals surface area contributed by atoms with Crippen molar-refractivity contribution in [2.75, 3.05) is 13.7 Å². The molecule has 1 amide bonds. The van der Waals surface area contributed by atoms with Gasteiger partial charge in [0.25, 0.3) is 11.8 Å². The third-order valence-corrected chi connectivity index (χ3v) is 6.05. The number of carbonyl (C=O) groups is 1. The molecule has 0 spiro atoms. The highest BCUT2D eigenvalue weighted by atomic mass is 35.5. The first-order valence-corrected chi connectivity index (χ1v) is 10.9. The molecule has 1 unspecified atom stereocenters. The number of aromatic nitrogens is 5. The van der Waals surface area contributed by atoms with E-state index in [9.17, 15) is 4.79 Å². The molecule has 1 fully saturated rings. The first-order chi connectivity index (χ1) is 16.1. The van der Waals surface area contributed by atoms with Crippen LogP contribution in [-0.2, 0) is 0 Å². The summed E-state index contributed by atoms with van der Waals surface area (Å²) in [6, 6.07) is 10.4. The quantitative estimate of drug-likeness (QED) is 0.435. The van der Waals surface area contributed by atoms with Gasteiger partial charge in [-0.15, -0.1) is 0 Å². The zero-order valence-corrected chi connectivity index (χ0v) is 18.9. The zero-order valence-electron chi connectivity index (χ0n) is 18.1. The van der Waals surface area contributed by atoms with Crippen LogP contribution in [0.25, 0.3) is 17.1 Å². The van der Waals surface area contributed by atoms with Gasteiger partial charge in [-0.05, 0) is 50.1 Å². The van der Waals surface area contributed by atoms with Gasteiger partial charge in [0.05, 0.1) is 36.8 Å². The topological polar surface area (TPSA) is 99.2 Å². The smallest absolute Gasteiger partial charge is 0.258 e. The Morgan fingerprint density at radius 1 is 1.21 bits per heavy atom. The van der Waals surface area contributed by atoms with E-state index in [4.69, 9.17) is 20.9 Å². The fourth-order valence-corrected chi connectivity index (χ4v) is 4.34. The molecule has 4 aromatic rings. The number of carbonyl (C=O) groups excluding carboxylic acids is 1. The molecule has 0 N–H and O–H groups in total. The van der Waals surface area contributed by atoms with Crippen molar-refractivity contribution in [1.82, 2.24) is 30.0 Å². The molecule has 1 aliphatic heterocycles. The molecule has 2 aromatic carbocycles. The number of nitrogens with zero attached hydrogens (tertiary/aromatic N) is 6. The number of ether oxygens (including phenoxy) is 1. The van der Waals surface area contributed by atoms with Gasteiger partial charge in [-0.2, -0.15) is 20.0 Å². The van der Waals surface area contributed by atoms with Gasteiger partial charge in [0.1, 0.15) is 5.75 Å². The summed E-state index contributed by atoms with van der Waals surface area (Å²) in [7, 11) is 1.62. The van der Waals surface area contributed by atoms with E-state index in [2.05, 4.69) is 20.3 Å². The van der Waals surface area contributed by atoms with Gasteiger partial charge in [-0.3, -0.25) is 4.79 Å². The number of benzene rings is 2. The minimum Gasteiger partial charge on any atom is -0.496 e. The van der Waals surface area contributed by atoms with Crippen molar-refractivity contribution in [3.8, 4) is 22.9 Å². The fourth-order valence-electron chi connectivity index (χ4n) is 4.17. The summed E-state index contributed by atoms with van der Waals surface area (Å²) in [4.78, 5) is 21.4. The second-order valence-electron chi connectivity index (χ2n) is 7.73. The summed E-state index contributed by atoms with van der Waals surface area (Å²) in [5.41, 5.74) is 2.68. The average Bonchev–Trinajstić information content (AvgIpc) is 3.60. The van der Waals surface area contributed by atoms with Gasteiger partial charge >= 0.3 is 0 Å². The lowest BCUT2D eigenvalue weighted by molar-refractivity contribution is 0.0728. The zero-order chi connectivity index (χ0) is 22.9. The Bertz CT molecular complexity index is 1300. The average molecular weight is 465 g/mol. The van der Waals surface area contributed by atoms with Crippen molar-refractivity contribution < 1.29 is 14.1 Å². The van der Waals surface area contributed by atoms with Crippen LogP contribution in [0.5, 0.6) is 5.75 Å². The van der Waals surface area contributed by atoms with Gasteiger partial charge < -0.3 is 14.2 Å². The van der Waals surface area contributed by atoms with E-state index in [0.29, 0.717) is 34.5 Å². The van der Waals surface area contributed by atoms with E-state index in [1.165, 1.54) is 4.80 Å². The van der Waals surface area contributed by atoms with Crippen molar-refractivity contribution in [1.29, 1.82) is 0 Å². The van der Waals surface area contributed by atoms with Crippen LogP contribution in [0.3, 0.4) is 0 Å². The summed E-state index contributed by atoms with van der Waals surface area (Å²) < 4.78 is 11.0. The fraction of sp³-hybridized carbons (Fsp3) is 0.261. The maximum absolute atomic E-state index is 13.6. The number of hydrogen-bond donors (Lipinski definition) is 0. The van der Waals surface area contributed by atoms with Crippen molar-refractivity contribution in [2.24, 2.45) is 0 Å². The number of amides is 1. The molecule has 168 valence electrons. The van der Waals surface area contributed by atoms with Crippen LogP contribution in [0, 0.1) is 6.92 Å². The number of likely N-dealkylation sites (tertiary alicyclic amines) is 1. The molecule has 0 bridgehead atoms. The van der Waals surface area contributed by atoms with E-state index in [1.807, 2.05) is 25.1 Å². The lowest BCUT2D eigenvalue weighted by atomic mass is 10.1. The number of hydrogen-bond acceptors (Lipinski definition) is 7. The molecular weight excluding hydrogens is 444 g/mol. The summed E-state index contributed by atoms with van der Waals surface area (Å²) >= 11 is 6.18. The Kier molecular flexibility index (Phi) is 5.55. The molecule has 1 atom stereocenters. The van der Waals surface area contributed by atoms with Gasteiger partial charge in [-0.1, -0.05) is 22.8 Å². The maximum atomic E-state index is 13.6. The van der Waals surface area contributed by atoms with Crippen molar-refractivity contribution in [3.05, 3.63) is 70.8 Å². The predicted molar refractivity (Wildman–Crippen MR) is 120 cm³/mol. The van der Waals surface area contributed by atoms with Crippen LogP contribution in [0.4, 0.5) is 0 Å². The predicted octanol–water partition coefficient (Wildman–Crippen LogP) is 4.27. The van der Waals surface area contributed by atoms with Crippen molar-refractivity contribution in [3.63, 3.8) is 0 Å². The summed E-state index contributed by atoms with van der Waals surface area (Å²) in [5, 5.41) is 13.0. The van der Waals surface area contributed by atoms with Gasteiger partial charge in [0, 0.05) is 22.7 Å². The van der Waals surface area contributed by atoms with E-state index < -0.39 is 0 Å². The van der Waals surface area contributed by atoms with Crippen LogP contribution in [0.2, 0.25) is 5.02 Å². The third-order valence-electron chi connectivity index (χ3n) is 5.81. The molecular formula is C23H21ClN6O3. The van der Waals surface area contributed by atoms with Crippen LogP contribution in [0.15, 0.2) is 53.3 Å². The maximum Gasteiger partial charge on any atom is 0.258 e. The molecule has 0 saturated carbocycles. The molecule has 1 saturated heterocycles. The highest BCUT2D eigenvalue weighted by molar-refractivity contribution is 6.31. The standard InChI is InChI=1S/C23H21ClN6O3/c1-14-16(5-3-7-20(14)32-2)22-27-21(28-33-22)18-6-4-12-29(18)23(31)17-9-8-15(24)13-19(17)30-25-10-11-26-30/h3,5,7-11,13,18H,4,6,12H2,1-2H3. The number of rotatable bonds is 5. The highest BCUT2D eigenvalue weighted by Gasteiger charge is 2.35. The molecule has 10 heteroatoms. The lowest BCUT2D eigenvalue weighted by Crippen LogP contribution is -2.32. The molecule has 1 aliphatic rings. The highest BCUT2D eigenvalue weighted by Crippen LogP contribution is 2.35. The van der Waals surface area contributed by atoms with Crippen LogP contribution < -0.4 is 4.74 Å². The minimum absolute atomic E-state index is 0.162. The minimum atomic E-state index is -0.296. The molecule has 33 heavy (non-hydrogen) atoms. The first kappa shape index (κ1) is 21.1. The van der Waals surface area contributed by atoms with E-state index in [0.717, 1.165) is 29.7 Å². The van der Waals surface area contributed by atoms with Crippen LogP contribution in [0.1, 0.15) is 40.6 Å². The van der Waals surface area contributed by atoms with Crippen molar-refractivity contribution in [2.45, 2.75) is 25.8 Å². The van der Waals surface area contributed by atoms with Gasteiger partial charge in [-0.25, -0.2) is 0 Å². The second kappa shape index (κ2) is 8.67. The van der Waals surface area contributed by atoms with Crippen LogP contribution >= 0.6 is 11.6 Å². The molecule has 5 rings (SSSR count). The summed E-state index contributed by atoms with van der Waals surface area (Å²) in [6.07, 6.45) is 4.68. The van der Waals surface area contributed by atoms with Gasteiger partial charge in [0.15, 0.2) is 5.82 Å². The second-order valence-corrected chi connectivity index (χ2v) is 8.16. The summed E-state index contributed by atoms with van der Waals surface area (Å²) in [5.74, 6) is 1.46. The Labute approximate surface area is 194 Å². The Hall–Kier alpha value is -3.72. The Morgan fingerprint density at radius 2 is 2.03 bits per heavy atom. The van der Waals surface area contributed by atoms with E-state index >= 15 is 0 Å². The lowest BCUT2D eigenvalue weighted by Gasteiger charge is -2.23. The first-order valence-electron chi connectivity index (χ1n) is 10.5. The molecule has 0 aliphatic carbocycles.